The van der Waals surface area contributed by atoms with Crippen LogP contribution in [0.3, 0.4) is 0 Å². The van der Waals surface area contributed by atoms with Crippen LogP contribution in [0.5, 0.6) is 0 Å². The number of pyridine rings is 1. The lowest BCUT2D eigenvalue weighted by Gasteiger charge is -2.29. The smallest absolute Gasteiger partial charge is 0.255 e. The van der Waals surface area contributed by atoms with Crippen LogP contribution < -0.4 is 10.6 Å². The van der Waals surface area contributed by atoms with Crippen molar-refractivity contribution in [1.82, 2.24) is 20.5 Å². The first-order valence-electron chi connectivity index (χ1n) is 12.6. The molecule has 6 rings (SSSR count). The molecule has 1 fully saturated rings. The van der Waals surface area contributed by atoms with Crippen LogP contribution in [0.2, 0.25) is 0 Å². The van der Waals surface area contributed by atoms with E-state index in [9.17, 15) is 23.6 Å². The van der Waals surface area contributed by atoms with Crippen LogP contribution in [-0.4, -0.2) is 39.6 Å². The second kappa shape index (κ2) is 9.75. The van der Waals surface area contributed by atoms with Crippen molar-refractivity contribution in [3.63, 3.8) is 0 Å². The first-order chi connectivity index (χ1) is 18.9. The molecule has 194 valence electrons. The summed E-state index contributed by atoms with van der Waals surface area (Å²) >= 11 is 0. The number of nitrogens with zero attached hydrogens (tertiary/aromatic N) is 2. The molecule has 0 aliphatic carbocycles. The van der Waals surface area contributed by atoms with E-state index in [-0.39, 0.29) is 37.2 Å². The fourth-order valence-corrected chi connectivity index (χ4v) is 5.19. The van der Waals surface area contributed by atoms with Crippen molar-refractivity contribution in [2.45, 2.75) is 32.0 Å². The molecule has 9 heteroatoms. The summed E-state index contributed by atoms with van der Waals surface area (Å²) in [6.07, 6.45) is 0.484. The molecule has 4 aromatic rings. The lowest BCUT2D eigenvalue weighted by molar-refractivity contribution is -0.136. The van der Waals surface area contributed by atoms with Crippen molar-refractivity contribution >= 4 is 34.5 Å². The van der Waals surface area contributed by atoms with Crippen LogP contribution in [0.25, 0.3) is 22.2 Å². The van der Waals surface area contributed by atoms with Gasteiger partial charge in [-0.1, -0.05) is 42.5 Å². The highest BCUT2D eigenvalue weighted by Crippen LogP contribution is 2.29. The summed E-state index contributed by atoms with van der Waals surface area (Å²) < 4.78 is 14.5. The molecule has 0 saturated carbocycles. The molecular formula is C30H23FN4O4. The number of piperidine rings is 1. The fraction of sp³-hybridized carbons (Fsp3) is 0.167. The van der Waals surface area contributed by atoms with E-state index in [1.807, 2.05) is 18.2 Å². The number of benzene rings is 3. The summed E-state index contributed by atoms with van der Waals surface area (Å²) in [6.45, 7) is 0.452. The van der Waals surface area contributed by atoms with Crippen LogP contribution >= 0.6 is 0 Å². The van der Waals surface area contributed by atoms with Crippen LogP contribution in [0, 0.1) is 5.82 Å². The zero-order valence-corrected chi connectivity index (χ0v) is 20.7. The summed E-state index contributed by atoms with van der Waals surface area (Å²) in [6, 6.07) is 19.7. The average Bonchev–Trinajstić information content (AvgIpc) is 3.26. The quantitative estimate of drug-likeness (QED) is 0.389. The van der Waals surface area contributed by atoms with Gasteiger partial charge in [0.2, 0.25) is 11.8 Å². The fourth-order valence-electron chi connectivity index (χ4n) is 5.19. The highest BCUT2D eigenvalue weighted by molar-refractivity contribution is 6.07. The molecule has 1 atom stereocenters. The van der Waals surface area contributed by atoms with Crippen molar-refractivity contribution in [3.8, 4) is 11.3 Å². The van der Waals surface area contributed by atoms with E-state index in [1.165, 1.54) is 11.0 Å². The van der Waals surface area contributed by atoms with E-state index in [1.54, 1.807) is 48.5 Å². The molecule has 1 saturated heterocycles. The number of imide groups is 1. The number of halogens is 1. The third kappa shape index (κ3) is 4.52. The Bertz CT molecular complexity index is 1690. The van der Waals surface area contributed by atoms with Crippen molar-refractivity contribution in [2.24, 2.45) is 0 Å². The number of carbonyl (C=O) groups is 4. The van der Waals surface area contributed by atoms with Gasteiger partial charge in [0.15, 0.2) is 0 Å². The zero-order valence-electron chi connectivity index (χ0n) is 20.7. The molecule has 0 bridgehead atoms. The monoisotopic (exact) mass is 522 g/mol. The minimum atomic E-state index is -0.686. The standard InChI is InChI=1S/C30H23FN4O4/c31-23-7-3-1-6-21(23)25-14-22(20-5-2-4-8-24(20)33-25)28(37)32-15-17-9-10-19-18(13-17)16-35(30(19)39)26-11-12-27(36)34-29(26)38/h1-10,13-14,26H,11-12,15-16H2,(H,32,37)(H,34,36,38). The van der Waals surface area contributed by atoms with Gasteiger partial charge in [-0.15, -0.1) is 0 Å². The number of fused-ring (bicyclic) bond motifs is 2. The molecule has 8 nitrogen and oxygen atoms in total. The molecule has 0 spiro atoms. The highest BCUT2D eigenvalue weighted by Gasteiger charge is 2.39. The van der Waals surface area contributed by atoms with Gasteiger partial charge in [0, 0.05) is 36.0 Å². The third-order valence-corrected chi connectivity index (χ3v) is 7.15. The second-order valence-electron chi connectivity index (χ2n) is 9.63. The number of amides is 4. The van der Waals surface area contributed by atoms with Gasteiger partial charge in [-0.25, -0.2) is 9.37 Å². The lowest BCUT2D eigenvalue weighted by atomic mass is 10.0. The summed E-state index contributed by atoms with van der Waals surface area (Å²) in [7, 11) is 0. The maximum atomic E-state index is 14.5. The second-order valence-corrected chi connectivity index (χ2v) is 9.63. The van der Waals surface area contributed by atoms with Crippen LogP contribution in [0.4, 0.5) is 4.39 Å². The topological polar surface area (TPSA) is 108 Å². The Morgan fingerprint density at radius 3 is 2.62 bits per heavy atom. The van der Waals surface area contributed by atoms with Crippen molar-refractivity contribution in [3.05, 3.63) is 101 Å². The predicted octanol–water partition coefficient (Wildman–Crippen LogP) is 3.73. The maximum absolute atomic E-state index is 14.5. The molecule has 1 unspecified atom stereocenters. The number of nitrogens with one attached hydrogen (secondary N) is 2. The molecule has 0 radical (unpaired) electrons. The molecule has 1 aromatic heterocycles. The number of hydrogen-bond donors (Lipinski definition) is 2. The number of hydrogen-bond acceptors (Lipinski definition) is 5. The Hall–Kier alpha value is -4.92. The van der Waals surface area contributed by atoms with Gasteiger partial charge in [-0.3, -0.25) is 24.5 Å². The Kier molecular flexibility index (Phi) is 6.11. The molecule has 2 N–H and O–H groups in total. The first kappa shape index (κ1) is 24.4. The highest BCUT2D eigenvalue weighted by atomic mass is 19.1. The Morgan fingerprint density at radius 1 is 1.00 bits per heavy atom. The van der Waals surface area contributed by atoms with Gasteiger partial charge in [0.25, 0.3) is 11.8 Å². The third-order valence-electron chi connectivity index (χ3n) is 7.15. The van der Waals surface area contributed by atoms with Crippen LogP contribution in [-0.2, 0) is 22.7 Å². The van der Waals surface area contributed by atoms with Gasteiger partial charge < -0.3 is 10.2 Å². The summed E-state index contributed by atoms with van der Waals surface area (Å²) in [4.78, 5) is 56.1. The molecule has 39 heavy (non-hydrogen) atoms. The Balaban J connectivity index is 1.22. The van der Waals surface area contributed by atoms with Gasteiger partial charge >= 0.3 is 0 Å². The van der Waals surface area contributed by atoms with E-state index in [4.69, 9.17) is 0 Å². The molecule has 4 amide bonds. The van der Waals surface area contributed by atoms with Crippen molar-refractivity contribution in [2.75, 3.05) is 0 Å². The minimum absolute atomic E-state index is 0.191. The maximum Gasteiger partial charge on any atom is 0.255 e. The van der Waals surface area contributed by atoms with E-state index in [2.05, 4.69) is 15.6 Å². The van der Waals surface area contributed by atoms with E-state index in [0.29, 0.717) is 39.7 Å². The molecular weight excluding hydrogens is 499 g/mol. The number of carbonyl (C=O) groups excluding carboxylic acids is 4. The summed E-state index contributed by atoms with van der Waals surface area (Å²) in [5, 5.41) is 5.88. The van der Waals surface area contributed by atoms with Crippen LogP contribution in [0.15, 0.2) is 72.8 Å². The SMILES string of the molecule is O=C1CCC(N2Cc3cc(CNC(=O)c4cc(-c5ccccc5F)nc5ccccc45)ccc3C2=O)C(=O)N1. The molecule has 3 heterocycles. The molecule has 2 aliphatic rings. The van der Waals surface area contributed by atoms with Crippen molar-refractivity contribution in [1.29, 1.82) is 0 Å². The largest absolute Gasteiger partial charge is 0.348 e. The summed E-state index contributed by atoms with van der Waals surface area (Å²) in [5.74, 6) is -1.81. The minimum Gasteiger partial charge on any atom is -0.348 e. The molecule has 3 aromatic carbocycles. The normalized spacial score (nSPS) is 16.8. The van der Waals surface area contributed by atoms with Gasteiger partial charge in [0.05, 0.1) is 16.8 Å². The van der Waals surface area contributed by atoms with E-state index >= 15 is 0 Å². The van der Waals surface area contributed by atoms with E-state index < -0.39 is 17.8 Å². The lowest BCUT2D eigenvalue weighted by Crippen LogP contribution is -2.52. The average molecular weight is 523 g/mol. The van der Waals surface area contributed by atoms with E-state index in [0.717, 1.165) is 11.1 Å². The number of para-hydroxylation sites is 1. The zero-order chi connectivity index (χ0) is 27.1. The Labute approximate surface area is 222 Å². The van der Waals surface area contributed by atoms with Gasteiger partial charge in [-0.2, -0.15) is 0 Å². The predicted molar refractivity (Wildman–Crippen MR) is 141 cm³/mol. The van der Waals surface area contributed by atoms with Gasteiger partial charge in [-0.05, 0) is 47.9 Å². The van der Waals surface area contributed by atoms with Crippen molar-refractivity contribution < 1.29 is 23.6 Å². The Morgan fingerprint density at radius 2 is 1.79 bits per heavy atom. The number of aromatic nitrogens is 1. The number of rotatable bonds is 5. The van der Waals surface area contributed by atoms with Crippen LogP contribution in [0.1, 0.15) is 44.7 Å². The molecule has 2 aliphatic heterocycles. The van der Waals surface area contributed by atoms with Gasteiger partial charge in [0.1, 0.15) is 11.9 Å². The first-order valence-corrected chi connectivity index (χ1v) is 12.6. The summed E-state index contributed by atoms with van der Waals surface area (Å²) in [5.41, 5.74) is 3.67.